The lowest BCUT2D eigenvalue weighted by Gasteiger charge is -2.33. The zero-order valence-corrected chi connectivity index (χ0v) is 11.7. The van der Waals surface area contributed by atoms with Gasteiger partial charge in [0.25, 0.3) is 0 Å². The molecular weight excluding hydrogens is 240 g/mol. The van der Waals surface area contributed by atoms with Crippen LogP contribution in [-0.4, -0.2) is 25.7 Å². The van der Waals surface area contributed by atoms with E-state index in [1.54, 1.807) is 19.1 Å². The fraction of sp³-hybridized carbons (Fsp3) is 0.533. The standard InChI is InChI=1S/C15H22N2O2/c1-3-19-15(18)12-6-7-14(13(16)9-12)17-8-4-5-11(2)10-17/h6-7,9,11H,3-5,8,10,16H2,1-2H3/t11-/m0/s1. The van der Waals surface area contributed by atoms with Crippen molar-refractivity contribution in [1.29, 1.82) is 0 Å². The van der Waals surface area contributed by atoms with E-state index in [2.05, 4.69) is 11.8 Å². The highest BCUT2D eigenvalue weighted by atomic mass is 16.5. The second-order valence-electron chi connectivity index (χ2n) is 5.19. The first-order chi connectivity index (χ1) is 9.11. The normalized spacial score (nSPS) is 19.3. The molecule has 4 nitrogen and oxygen atoms in total. The van der Waals surface area contributed by atoms with Crippen LogP contribution in [0.15, 0.2) is 18.2 Å². The minimum Gasteiger partial charge on any atom is -0.462 e. The van der Waals surface area contributed by atoms with Crippen LogP contribution in [0.1, 0.15) is 37.0 Å². The SMILES string of the molecule is CCOC(=O)c1ccc(N2CCC[C@H](C)C2)c(N)c1. The van der Waals surface area contributed by atoms with Crippen molar-refractivity contribution in [2.24, 2.45) is 5.92 Å². The Hall–Kier alpha value is -1.71. The fourth-order valence-electron chi connectivity index (χ4n) is 2.59. The Kier molecular flexibility index (Phi) is 4.30. The predicted molar refractivity (Wildman–Crippen MR) is 77.4 cm³/mol. The summed E-state index contributed by atoms with van der Waals surface area (Å²) in [6.07, 6.45) is 2.47. The molecule has 1 aromatic carbocycles. The number of hydrogen-bond acceptors (Lipinski definition) is 4. The van der Waals surface area contributed by atoms with Gasteiger partial charge in [-0.2, -0.15) is 0 Å². The molecule has 0 unspecified atom stereocenters. The molecule has 104 valence electrons. The van der Waals surface area contributed by atoms with Crippen molar-refractivity contribution in [3.63, 3.8) is 0 Å². The minimum absolute atomic E-state index is 0.312. The number of benzene rings is 1. The van der Waals surface area contributed by atoms with E-state index in [1.807, 2.05) is 6.07 Å². The van der Waals surface area contributed by atoms with E-state index in [1.165, 1.54) is 12.8 Å². The smallest absolute Gasteiger partial charge is 0.338 e. The highest BCUT2D eigenvalue weighted by molar-refractivity contribution is 5.92. The van der Waals surface area contributed by atoms with Crippen molar-refractivity contribution < 1.29 is 9.53 Å². The van der Waals surface area contributed by atoms with Gasteiger partial charge in [-0.15, -0.1) is 0 Å². The molecule has 19 heavy (non-hydrogen) atoms. The number of nitrogens with two attached hydrogens (primary N) is 1. The van der Waals surface area contributed by atoms with Gasteiger partial charge in [-0.25, -0.2) is 4.79 Å². The first kappa shape index (κ1) is 13.7. The predicted octanol–water partition coefficient (Wildman–Crippen LogP) is 2.68. The summed E-state index contributed by atoms with van der Waals surface area (Å²) in [5, 5.41) is 0. The summed E-state index contributed by atoms with van der Waals surface area (Å²) in [5.74, 6) is 0.380. The Labute approximate surface area is 114 Å². The van der Waals surface area contributed by atoms with Crippen molar-refractivity contribution >= 4 is 17.3 Å². The van der Waals surface area contributed by atoms with E-state index in [-0.39, 0.29) is 5.97 Å². The Bertz CT molecular complexity index is 459. The number of rotatable bonds is 3. The van der Waals surface area contributed by atoms with Crippen LogP contribution in [0.25, 0.3) is 0 Å². The first-order valence-electron chi connectivity index (χ1n) is 6.93. The minimum atomic E-state index is -0.312. The lowest BCUT2D eigenvalue weighted by molar-refractivity contribution is 0.0526. The molecule has 1 saturated heterocycles. The summed E-state index contributed by atoms with van der Waals surface area (Å²) >= 11 is 0. The Morgan fingerprint density at radius 2 is 2.32 bits per heavy atom. The van der Waals surface area contributed by atoms with Crippen molar-refractivity contribution in [2.75, 3.05) is 30.3 Å². The lowest BCUT2D eigenvalue weighted by Crippen LogP contribution is -2.34. The highest BCUT2D eigenvalue weighted by Gasteiger charge is 2.19. The van der Waals surface area contributed by atoms with Crippen LogP contribution in [-0.2, 0) is 4.74 Å². The van der Waals surface area contributed by atoms with Gasteiger partial charge in [-0.05, 0) is 43.9 Å². The maximum Gasteiger partial charge on any atom is 0.338 e. The average Bonchev–Trinajstić information content (AvgIpc) is 2.38. The van der Waals surface area contributed by atoms with Gasteiger partial charge in [0.2, 0.25) is 0 Å². The van der Waals surface area contributed by atoms with Crippen LogP contribution < -0.4 is 10.6 Å². The monoisotopic (exact) mass is 262 g/mol. The van der Waals surface area contributed by atoms with E-state index in [0.717, 1.165) is 18.8 Å². The Morgan fingerprint density at radius 3 is 2.95 bits per heavy atom. The average molecular weight is 262 g/mol. The Morgan fingerprint density at radius 1 is 1.53 bits per heavy atom. The molecule has 1 aliphatic rings. The van der Waals surface area contributed by atoms with Crippen LogP contribution in [0.3, 0.4) is 0 Å². The van der Waals surface area contributed by atoms with Gasteiger partial charge in [0.15, 0.2) is 0 Å². The second-order valence-corrected chi connectivity index (χ2v) is 5.19. The van der Waals surface area contributed by atoms with Crippen molar-refractivity contribution in [3.8, 4) is 0 Å². The van der Waals surface area contributed by atoms with E-state index >= 15 is 0 Å². The highest BCUT2D eigenvalue weighted by Crippen LogP contribution is 2.29. The molecule has 0 radical (unpaired) electrons. The van der Waals surface area contributed by atoms with Gasteiger partial charge in [0, 0.05) is 13.1 Å². The molecule has 2 rings (SSSR count). The number of piperidine rings is 1. The maximum absolute atomic E-state index is 11.6. The topological polar surface area (TPSA) is 55.6 Å². The van der Waals surface area contributed by atoms with E-state index in [9.17, 15) is 4.79 Å². The number of anilines is 2. The summed E-state index contributed by atoms with van der Waals surface area (Å²) < 4.78 is 4.98. The summed E-state index contributed by atoms with van der Waals surface area (Å²) in [4.78, 5) is 13.9. The largest absolute Gasteiger partial charge is 0.462 e. The number of hydrogen-bond donors (Lipinski definition) is 1. The number of esters is 1. The molecule has 2 N–H and O–H groups in total. The van der Waals surface area contributed by atoms with Gasteiger partial charge in [-0.1, -0.05) is 6.92 Å². The fourth-order valence-corrected chi connectivity index (χ4v) is 2.59. The molecule has 0 aromatic heterocycles. The number of carbonyl (C=O) groups is 1. The third-order valence-corrected chi connectivity index (χ3v) is 3.54. The van der Waals surface area contributed by atoms with E-state index in [0.29, 0.717) is 23.8 Å². The first-order valence-corrected chi connectivity index (χ1v) is 6.93. The second kappa shape index (κ2) is 5.95. The van der Waals surface area contributed by atoms with Crippen LogP contribution in [0.5, 0.6) is 0 Å². The summed E-state index contributed by atoms with van der Waals surface area (Å²) in [7, 11) is 0. The third-order valence-electron chi connectivity index (χ3n) is 3.54. The quantitative estimate of drug-likeness (QED) is 0.672. The number of ether oxygens (including phenoxy) is 1. The van der Waals surface area contributed by atoms with Crippen molar-refractivity contribution in [3.05, 3.63) is 23.8 Å². The molecule has 0 amide bonds. The lowest BCUT2D eigenvalue weighted by atomic mass is 9.99. The zero-order valence-electron chi connectivity index (χ0n) is 11.7. The molecule has 1 aliphatic heterocycles. The van der Waals surface area contributed by atoms with Crippen LogP contribution in [0.4, 0.5) is 11.4 Å². The van der Waals surface area contributed by atoms with Gasteiger partial charge >= 0.3 is 5.97 Å². The molecule has 0 saturated carbocycles. The van der Waals surface area contributed by atoms with Crippen molar-refractivity contribution in [2.45, 2.75) is 26.7 Å². The summed E-state index contributed by atoms with van der Waals surface area (Å²) in [6.45, 7) is 6.50. The van der Waals surface area contributed by atoms with Gasteiger partial charge in [-0.3, -0.25) is 0 Å². The number of nitrogen functional groups attached to an aromatic ring is 1. The molecule has 0 spiro atoms. The van der Waals surface area contributed by atoms with Gasteiger partial charge in [0.1, 0.15) is 0 Å². The third kappa shape index (κ3) is 3.19. The number of nitrogens with zero attached hydrogens (tertiary/aromatic N) is 1. The van der Waals surface area contributed by atoms with E-state index < -0.39 is 0 Å². The van der Waals surface area contributed by atoms with Crippen LogP contribution in [0, 0.1) is 5.92 Å². The maximum atomic E-state index is 11.6. The van der Waals surface area contributed by atoms with Crippen molar-refractivity contribution in [1.82, 2.24) is 0 Å². The molecular formula is C15H22N2O2. The Balaban J connectivity index is 2.17. The molecule has 1 aromatic rings. The zero-order chi connectivity index (χ0) is 13.8. The molecule has 4 heteroatoms. The molecule has 0 bridgehead atoms. The van der Waals surface area contributed by atoms with Gasteiger partial charge in [0.05, 0.1) is 23.5 Å². The summed E-state index contributed by atoms with van der Waals surface area (Å²) in [5.41, 5.74) is 8.28. The molecule has 0 aliphatic carbocycles. The molecule has 1 fully saturated rings. The van der Waals surface area contributed by atoms with Gasteiger partial charge < -0.3 is 15.4 Å². The number of carbonyl (C=O) groups excluding carboxylic acids is 1. The van der Waals surface area contributed by atoms with Crippen LogP contribution >= 0.6 is 0 Å². The molecule has 1 heterocycles. The summed E-state index contributed by atoms with van der Waals surface area (Å²) in [6, 6.07) is 5.44. The van der Waals surface area contributed by atoms with Crippen LogP contribution in [0.2, 0.25) is 0 Å². The van der Waals surface area contributed by atoms with E-state index in [4.69, 9.17) is 10.5 Å². The molecule has 1 atom stereocenters.